The van der Waals surface area contributed by atoms with Crippen LogP contribution in [0.3, 0.4) is 0 Å². The lowest BCUT2D eigenvalue weighted by Crippen LogP contribution is -2.61. The summed E-state index contributed by atoms with van der Waals surface area (Å²) in [5.41, 5.74) is 2.28. The lowest BCUT2D eigenvalue weighted by atomic mass is 10.0. The molecule has 0 aromatic rings. The number of rotatable bonds is 1. The van der Waals surface area contributed by atoms with Gasteiger partial charge >= 0.3 is 6.18 Å². The van der Waals surface area contributed by atoms with Gasteiger partial charge in [0.15, 0.2) is 5.54 Å². The average Bonchev–Trinajstić information content (AvgIpc) is 2.48. The molecule has 1 aliphatic rings. The van der Waals surface area contributed by atoms with E-state index in [0.717, 1.165) is 13.3 Å². The third kappa shape index (κ3) is 2.25. The number of likely N-dealkylation sites (tertiary alicyclic amines) is 1. The molecule has 1 saturated heterocycles. The zero-order valence-electron chi connectivity index (χ0n) is 8.77. The van der Waals surface area contributed by atoms with Crippen molar-refractivity contribution in [2.45, 2.75) is 32.0 Å². The first kappa shape index (κ1) is 12.3. The second-order valence-corrected chi connectivity index (χ2v) is 4.35. The van der Waals surface area contributed by atoms with Crippen molar-refractivity contribution in [3.63, 3.8) is 0 Å². The SMILES string of the molecule is CC1CCN(C(=O)C(C)(N)C(F)(F)F)C1. The smallest absolute Gasteiger partial charge is 0.341 e. The van der Waals surface area contributed by atoms with Gasteiger partial charge in [-0.2, -0.15) is 13.2 Å². The van der Waals surface area contributed by atoms with E-state index in [2.05, 4.69) is 0 Å². The summed E-state index contributed by atoms with van der Waals surface area (Å²) in [5, 5.41) is 0. The summed E-state index contributed by atoms with van der Waals surface area (Å²) in [6.45, 7) is 3.34. The first-order valence-corrected chi connectivity index (χ1v) is 4.81. The summed E-state index contributed by atoms with van der Waals surface area (Å²) >= 11 is 0. The fourth-order valence-corrected chi connectivity index (χ4v) is 1.57. The van der Waals surface area contributed by atoms with Crippen LogP contribution in [0.4, 0.5) is 13.2 Å². The number of hydrogen-bond acceptors (Lipinski definition) is 2. The van der Waals surface area contributed by atoms with Crippen LogP contribution in [0.2, 0.25) is 0 Å². The van der Waals surface area contributed by atoms with Crippen molar-refractivity contribution in [1.29, 1.82) is 0 Å². The maximum atomic E-state index is 12.5. The molecule has 6 heteroatoms. The molecule has 1 rings (SSSR count). The van der Waals surface area contributed by atoms with Crippen molar-refractivity contribution in [3.8, 4) is 0 Å². The standard InChI is InChI=1S/C9H15F3N2O/c1-6-3-4-14(5-6)7(15)8(2,13)9(10,11)12/h6H,3-5,13H2,1-2H3. The van der Waals surface area contributed by atoms with Gasteiger partial charge in [0.25, 0.3) is 5.91 Å². The maximum Gasteiger partial charge on any atom is 0.415 e. The molecule has 2 unspecified atom stereocenters. The third-order valence-electron chi connectivity index (χ3n) is 2.74. The van der Waals surface area contributed by atoms with Gasteiger partial charge < -0.3 is 10.6 Å². The van der Waals surface area contributed by atoms with Crippen molar-refractivity contribution < 1.29 is 18.0 Å². The van der Waals surface area contributed by atoms with Gasteiger partial charge in [-0.25, -0.2) is 0 Å². The lowest BCUT2D eigenvalue weighted by molar-refractivity contribution is -0.193. The quantitative estimate of drug-likeness (QED) is 0.725. The molecule has 15 heavy (non-hydrogen) atoms. The molecule has 0 aliphatic carbocycles. The minimum atomic E-state index is -4.70. The molecule has 0 saturated carbocycles. The Morgan fingerprint density at radius 1 is 1.47 bits per heavy atom. The number of nitrogens with two attached hydrogens (primary N) is 1. The minimum Gasteiger partial charge on any atom is -0.341 e. The molecule has 0 radical (unpaired) electrons. The molecule has 0 aromatic heterocycles. The van der Waals surface area contributed by atoms with Gasteiger partial charge in [-0.1, -0.05) is 6.92 Å². The Morgan fingerprint density at radius 3 is 2.33 bits per heavy atom. The minimum absolute atomic E-state index is 0.248. The van der Waals surface area contributed by atoms with Crippen LogP contribution in [0.25, 0.3) is 0 Å². The van der Waals surface area contributed by atoms with E-state index in [-0.39, 0.29) is 5.92 Å². The van der Waals surface area contributed by atoms with Gasteiger partial charge in [0, 0.05) is 13.1 Å². The van der Waals surface area contributed by atoms with Crippen molar-refractivity contribution in [2.24, 2.45) is 11.7 Å². The second kappa shape index (κ2) is 3.66. The normalized spacial score (nSPS) is 26.5. The Hall–Kier alpha value is -0.780. The predicted octanol–water partition coefficient (Wildman–Crippen LogP) is 1.13. The van der Waals surface area contributed by atoms with Crippen molar-refractivity contribution in [2.75, 3.05) is 13.1 Å². The molecule has 0 bridgehead atoms. The van der Waals surface area contributed by atoms with Gasteiger partial charge in [-0.05, 0) is 19.3 Å². The van der Waals surface area contributed by atoms with Crippen LogP contribution in [0.1, 0.15) is 20.3 Å². The molecule has 1 heterocycles. The molecule has 0 spiro atoms. The van der Waals surface area contributed by atoms with Crippen LogP contribution >= 0.6 is 0 Å². The maximum absolute atomic E-state index is 12.5. The van der Waals surface area contributed by atoms with E-state index in [1.807, 2.05) is 6.92 Å². The van der Waals surface area contributed by atoms with E-state index in [9.17, 15) is 18.0 Å². The summed E-state index contributed by atoms with van der Waals surface area (Å²) in [4.78, 5) is 12.7. The molecular weight excluding hydrogens is 209 g/mol. The topological polar surface area (TPSA) is 46.3 Å². The zero-order valence-corrected chi connectivity index (χ0v) is 8.77. The van der Waals surface area contributed by atoms with E-state index in [1.54, 1.807) is 0 Å². The van der Waals surface area contributed by atoms with Crippen molar-refractivity contribution >= 4 is 5.91 Å². The molecule has 3 nitrogen and oxygen atoms in total. The highest BCUT2D eigenvalue weighted by Crippen LogP contribution is 2.31. The molecule has 1 fully saturated rings. The predicted molar refractivity (Wildman–Crippen MR) is 49.0 cm³/mol. The van der Waals surface area contributed by atoms with Gasteiger partial charge in [0.05, 0.1) is 0 Å². The summed E-state index contributed by atoms with van der Waals surface area (Å²) in [6.07, 6.45) is -3.96. The third-order valence-corrected chi connectivity index (χ3v) is 2.74. The van der Waals surface area contributed by atoms with E-state index in [4.69, 9.17) is 5.73 Å². The summed E-state index contributed by atoms with van der Waals surface area (Å²) in [7, 11) is 0. The van der Waals surface area contributed by atoms with E-state index < -0.39 is 17.6 Å². The highest BCUT2D eigenvalue weighted by molar-refractivity contribution is 5.86. The Labute approximate surface area is 86.4 Å². The first-order chi connectivity index (χ1) is 6.66. The van der Waals surface area contributed by atoms with Crippen LogP contribution in [0, 0.1) is 5.92 Å². The number of carbonyl (C=O) groups is 1. The molecule has 2 N–H and O–H groups in total. The summed E-state index contributed by atoms with van der Waals surface area (Å²) < 4.78 is 37.4. The van der Waals surface area contributed by atoms with Gasteiger partial charge in [0.1, 0.15) is 0 Å². The van der Waals surface area contributed by atoms with Gasteiger partial charge in [-0.15, -0.1) is 0 Å². The zero-order chi connectivity index (χ0) is 11.9. The number of carbonyl (C=O) groups excluding carboxylic acids is 1. The van der Waals surface area contributed by atoms with Gasteiger partial charge in [-0.3, -0.25) is 4.79 Å². The van der Waals surface area contributed by atoms with E-state index in [0.29, 0.717) is 13.1 Å². The summed E-state index contributed by atoms with van der Waals surface area (Å²) in [5.74, 6) is -0.780. The van der Waals surface area contributed by atoms with Crippen LogP contribution in [-0.4, -0.2) is 35.6 Å². The van der Waals surface area contributed by atoms with Crippen molar-refractivity contribution in [1.82, 2.24) is 4.90 Å². The Kier molecular flexibility index (Phi) is 3.00. The van der Waals surface area contributed by atoms with Gasteiger partial charge in [0.2, 0.25) is 0 Å². The number of nitrogens with zero attached hydrogens (tertiary/aromatic N) is 1. The molecular formula is C9H15F3N2O. The van der Waals surface area contributed by atoms with E-state index >= 15 is 0 Å². The van der Waals surface area contributed by atoms with E-state index in [1.165, 1.54) is 4.90 Å². The van der Waals surface area contributed by atoms with Crippen LogP contribution in [0.5, 0.6) is 0 Å². The fraction of sp³-hybridized carbons (Fsp3) is 0.889. The Morgan fingerprint density at radius 2 is 2.00 bits per heavy atom. The van der Waals surface area contributed by atoms with Crippen LogP contribution < -0.4 is 5.73 Å². The van der Waals surface area contributed by atoms with Crippen LogP contribution in [-0.2, 0) is 4.79 Å². The highest BCUT2D eigenvalue weighted by Gasteiger charge is 2.55. The number of halogens is 3. The summed E-state index contributed by atoms with van der Waals surface area (Å²) in [6, 6.07) is 0. The molecule has 1 amide bonds. The molecule has 2 atom stereocenters. The lowest BCUT2D eigenvalue weighted by Gasteiger charge is -2.30. The number of alkyl halides is 3. The molecule has 88 valence electrons. The Balaban J connectivity index is 2.76. The Bertz CT molecular complexity index is 263. The number of hydrogen-bond donors (Lipinski definition) is 1. The van der Waals surface area contributed by atoms with Crippen molar-refractivity contribution in [3.05, 3.63) is 0 Å². The average molecular weight is 224 g/mol. The number of amides is 1. The molecule has 1 aliphatic heterocycles. The van der Waals surface area contributed by atoms with Crippen LogP contribution in [0.15, 0.2) is 0 Å². The first-order valence-electron chi connectivity index (χ1n) is 4.81. The highest BCUT2D eigenvalue weighted by atomic mass is 19.4. The monoisotopic (exact) mass is 224 g/mol. The second-order valence-electron chi connectivity index (χ2n) is 4.35. The largest absolute Gasteiger partial charge is 0.415 e. The fourth-order valence-electron chi connectivity index (χ4n) is 1.57. The molecule has 0 aromatic carbocycles.